The number of carbonyl (C=O) groups excluding carboxylic acids is 1. The van der Waals surface area contributed by atoms with E-state index in [1.165, 1.54) is 18.2 Å². The van der Waals surface area contributed by atoms with E-state index in [-0.39, 0.29) is 23.3 Å². The lowest BCUT2D eigenvalue weighted by molar-refractivity contribution is -0.0498. The molecule has 22 heavy (non-hydrogen) atoms. The average molecular weight is 305 g/mol. The third-order valence-electron chi connectivity index (χ3n) is 3.32. The largest absolute Gasteiger partial charge is 0.435 e. The first-order chi connectivity index (χ1) is 10.5. The Hall–Kier alpha value is -2.43. The summed E-state index contributed by atoms with van der Waals surface area (Å²) in [6.45, 7) is 0.929. The van der Waals surface area contributed by atoms with Gasteiger partial charge in [0, 0.05) is 5.56 Å². The zero-order chi connectivity index (χ0) is 16.1. The average Bonchev–Trinajstić information content (AvgIpc) is 2.47. The van der Waals surface area contributed by atoms with E-state index < -0.39 is 6.61 Å². The van der Waals surface area contributed by atoms with Gasteiger partial charge in [0.25, 0.3) is 5.91 Å². The van der Waals surface area contributed by atoms with Crippen LogP contribution in [0.15, 0.2) is 48.5 Å². The molecule has 2 aromatic carbocycles. The van der Waals surface area contributed by atoms with Crippen LogP contribution in [-0.4, -0.2) is 12.5 Å². The molecular weight excluding hydrogens is 288 g/mol. The number of carbonyl (C=O) groups is 1. The minimum Gasteiger partial charge on any atom is -0.435 e. The Bertz CT molecular complexity index is 659. The fourth-order valence-corrected chi connectivity index (χ4v) is 2.24. The minimum atomic E-state index is -2.91. The number of rotatable bonds is 5. The highest BCUT2D eigenvalue weighted by Crippen LogP contribution is 2.19. The molecule has 3 nitrogen and oxygen atoms in total. The van der Waals surface area contributed by atoms with E-state index in [9.17, 15) is 13.6 Å². The molecule has 0 heterocycles. The van der Waals surface area contributed by atoms with Crippen LogP contribution in [0.25, 0.3) is 0 Å². The molecule has 1 unspecified atom stereocenters. The van der Waals surface area contributed by atoms with Crippen molar-refractivity contribution in [1.82, 2.24) is 5.32 Å². The molecule has 0 aliphatic heterocycles. The highest BCUT2D eigenvalue weighted by molar-refractivity contribution is 5.94. The Morgan fingerprint density at radius 1 is 1.14 bits per heavy atom. The Morgan fingerprint density at radius 2 is 1.86 bits per heavy atom. The van der Waals surface area contributed by atoms with Crippen molar-refractivity contribution in [2.24, 2.45) is 0 Å². The van der Waals surface area contributed by atoms with Crippen molar-refractivity contribution in [2.75, 3.05) is 0 Å². The summed E-state index contributed by atoms with van der Waals surface area (Å²) in [6, 6.07) is 13.3. The van der Waals surface area contributed by atoms with Gasteiger partial charge in [-0.3, -0.25) is 4.79 Å². The van der Waals surface area contributed by atoms with Crippen molar-refractivity contribution in [1.29, 1.82) is 0 Å². The van der Waals surface area contributed by atoms with E-state index in [0.717, 1.165) is 11.1 Å². The molecule has 1 atom stereocenters. The van der Waals surface area contributed by atoms with Gasteiger partial charge in [-0.05, 0) is 43.2 Å². The maximum atomic E-state index is 12.2. The third-order valence-corrected chi connectivity index (χ3v) is 3.32. The van der Waals surface area contributed by atoms with Crippen LogP contribution in [0.1, 0.15) is 34.5 Å². The maximum absolute atomic E-state index is 12.2. The Morgan fingerprint density at radius 3 is 2.55 bits per heavy atom. The summed E-state index contributed by atoms with van der Waals surface area (Å²) < 4.78 is 28.7. The molecule has 0 saturated carbocycles. The van der Waals surface area contributed by atoms with E-state index in [1.54, 1.807) is 6.07 Å². The topological polar surface area (TPSA) is 38.3 Å². The lowest BCUT2D eigenvalue weighted by atomic mass is 10.0. The molecule has 5 heteroatoms. The van der Waals surface area contributed by atoms with Crippen LogP contribution in [-0.2, 0) is 0 Å². The van der Waals surface area contributed by atoms with Crippen molar-refractivity contribution >= 4 is 5.91 Å². The van der Waals surface area contributed by atoms with Crippen LogP contribution < -0.4 is 10.1 Å². The fraction of sp³-hybridized carbons (Fsp3) is 0.235. The van der Waals surface area contributed by atoms with Gasteiger partial charge in [-0.25, -0.2) is 0 Å². The van der Waals surface area contributed by atoms with Gasteiger partial charge < -0.3 is 10.1 Å². The van der Waals surface area contributed by atoms with Crippen molar-refractivity contribution in [3.8, 4) is 5.75 Å². The number of benzene rings is 2. The van der Waals surface area contributed by atoms with Crippen LogP contribution in [0.3, 0.4) is 0 Å². The molecule has 0 aromatic heterocycles. The summed E-state index contributed by atoms with van der Waals surface area (Å²) in [5.41, 5.74) is 2.36. The number of ether oxygens (including phenoxy) is 1. The number of hydrogen-bond acceptors (Lipinski definition) is 2. The molecule has 1 amide bonds. The van der Waals surface area contributed by atoms with Crippen LogP contribution in [0.5, 0.6) is 5.75 Å². The second-order valence-corrected chi connectivity index (χ2v) is 4.96. The van der Waals surface area contributed by atoms with E-state index in [2.05, 4.69) is 10.1 Å². The monoisotopic (exact) mass is 305 g/mol. The molecule has 1 N–H and O–H groups in total. The van der Waals surface area contributed by atoms with E-state index in [1.807, 2.05) is 38.1 Å². The zero-order valence-electron chi connectivity index (χ0n) is 12.3. The van der Waals surface area contributed by atoms with Crippen LogP contribution >= 0.6 is 0 Å². The first-order valence-corrected chi connectivity index (χ1v) is 6.88. The predicted octanol–water partition coefficient (Wildman–Crippen LogP) is 4.09. The Labute approximate surface area is 127 Å². The number of halogens is 2. The van der Waals surface area contributed by atoms with Gasteiger partial charge in [0.15, 0.2) is 0 Å². The summed E-state index contributed by atoms with van der Waals surface area (Å²) >= 11 is 0. The summed E-state index contributed by atoms with van der Waals surface area (Å²) in [5, 5.41) is 2.85. The smallest absolute Gasteiger partial charge is 0.387 e. The second-order valence-electron chi connectivity index (χ2n) is 4.96. The highest BCUT2D eigenvalue weighted by atomic mass is 19.3. The van der Waals surface area contributed by atoms with Crippen LogP contribution in [0.4, 0.5) is 8.78 Å². The molecule has 0 saturated heterocycles. The molecule has 2 rings (SSSR count). The predicted molar refractivity (Wildman–Crippen MR) is 80.1 cm³/mol. The van der Waals surface area contributed by atoms with E-state index in [0.29, 0.717) is 0 Å². The number of aryl methyl sites for hydroxylation is 1. The Kier molecular flexibility index (Phi) is 5.09. The normalized spacial score (nSPS) is 12.0. The molecule has 116 valence electrons. The van der Waals surface area contributed by atoms with Gasteiger partial charge in [0.2, 0.25) is 0 Å². The van der Waals surface area contributed by atoms with Crippen molar-refractivity contribution in [3.05, 3.63) is 65.2 Å². The van der Waals surface area contributed by atoms with Gasteiger partial charge >= 0.3 is 6.61 Å². The lowest BCUT2D eigenvalue weighted by Crippen LogP contribution is -2.27. The molecule has 0 aliphatic carbocycles. The van der Waals surface area contributed by atoms with E-state index >= 15 is 0 Å². The molecule has 0 radical (unpaired) electrons. The minimum absolute atomic E-state index is 0.0359. The fourth-order valence-electron chi connectivity index (χ4n) is 2.24. The van der Waals surface area contributed by atoms with Crippen LogP contribution in [0, 0.1) is 6.92 Å². The van der Waals surface area contributed by atoms with Crippen molar-refractivity contribution < 1.29 is 18.3 Å². The summed E-state index contributed by atoms with van der Waals surface area (Å²) in [5.74, 6) is -0.373. The number of hydrogen-bond donors (Lipinski definition) is 1. The number of nitrogens with one attached hydrogen (secondary N) is 1. The second kappa shape index (κ2) is 7.02. The quantitative estimate of drug-likeness (QED) is 0.903. The molecule has 2 aromatic rings. The van der Waals surface area contributed by atoms with Gasteiger partial charge in [-0.1, -0.05) is 30.3 Å². The van der Waals surface area contributed by atoms with Gasteiger partial charge in [0.05, 0.1) is 6.04 Å². The standard InChI is InChI=1S/C17H17F2NO2/c1-11-6-3-4-9-15(11)12(2)20-16(21)13-7-5-8-14(10-13)22-17(18)19/h3-10,12,17H,1-2H3,(H,20,21). The maximum Gasteiger partial charge on any atom is 0.387 e. The third kappa shape index (κ3) is 4.04. The number of alkyl halides is 2. The Balaban J connectivity index is 2.10. The van der Waals surface area contributed by atoms with Gasteiger partial charge in [0.1, 0.15) is 5.75 Å². The van der Waals surface area contributed by atoms with Crippen molar-refractivity contribution in [2.45, 2.75) is 26.5 Å². The first kappa shape index (κ1) is 15.9. The SMILES string of the molecule is Cc1ccccc1C(C)NC(=O)c1cccc(OC(F)F)c1. The highest BCUT2D eigenvalue weighted by Gasteiger charge is 2.14. The van der Waals surface area contributed by atoms with Crippen molar-refractivity contribution in [3.63, 3.8) is 0 Å². The molecule has 0 spiro atoms. The zero-order valence-corrected chi connectivity index (χ0v) is 12.3. The first-order valence-electron chi connectivity index (χ1n) is 6.88. The summed E-state index contributed by atoms with van der Waals surface area (Å²) in [6.07, 6.45) is 0. The molecule has 0 aliphatic rings. The number of amides is 1. The van der Waals surface area contributed by atoms with Gasteiger partial charge in [-0.2, -0.15) is 8.78 Å². The summed E-state index contributed by atoms with van der Waals surface area (Å²) in [4.78, 5) is 12.2. The van der Waals surface area contributed by atoms with Crippen LogP contribution in [0.2, 0.25) is 0 Å². The summed E-state index contributed by atoms with van der Waals surface area (Å²) in [7, 11) is 0. The van der Waals surface area contributed by atoms with Gasteiger partial charge in [-0.15, -0.1) is 0 Å². The molecular formula is C17H17F2NO2. The lowest BCUT2D eigenvalue weighted by Gasteiger charge is -2.17. The molecule has 0 bridgehead atoms. The molecule has 0 fully saturated rings. The van der Waals surface area contributed by atoms with E-state index in [4.69, 9.17) is 0 Å².